The van der Waals surface area contributed by atoms with Crippen LogP contribution in [0.2, 0.25) is 0 Å². The predicted molar refractivity (Wildman–Crippen MR) is 109 cm³/mol. The van der Waals surface area contributed by atoms with Gasteiger partial charge in [0.15, 0.2) is 5.60 Å². The maximum atomic E-state index is 13.7. The van der Waals surface area contributed by atoms with Crippen LogP contribution >= 0.6 is 11.3 Å². The van der Waals surface area contributed by atoms with Gasteiger partial charge in [0.05, 0.1) is 6.61 Å². The number of hydrogen-bond acceptors (Lipinski definition) is 5. The van der Waals surface area contributed by atoms with E-state index >= 15 is 0 Å². The second kappa shape index (κ2) is 7.25. The van der Waals surface area contributed by atoms with E-state index in [9.17, 15) is 4.79 Å². The number of pyridine rings is 1. The Labute approximate surface area is 170 Å². The van der Waals surface area contributed by atoms with Gasteiger partial charge in [0.1, 0.15) is 0 Å². The van der Waals surface area contributed by atoms with E-state index in [-0.39, 0.29) is 11.8 Å². The highest BCUT2D eigenvalue weighted by molar-refractivity contribution is 7.11. The fourth-order valence-electron chi connectivity index (χ4n) is 4.70. The quantitative estimate of drug-likeness (QED) is 0.778. The van der Waals surface area contributed by atoms with Crippen LogP contribution < -0.4 is 0 Å². The summed E-state index contributed by atoms with van der Waals surface area (Å²) < 4.78 is 6.35. The molecule has 4 heterocycles. The summed E-state index contributed by atoms with van der Waals surface area (Å²) in [6.07, 6.45) is 6.21. The number of thiophene rings is 1. The van der Waals surface area contributed by atoms with Crippen molar-refractivity contribution in [3.8, 4) is 0 Å². The van der Waals surface area contributed by atoms with Gasteiger partial charge in [-0.25, -0.2) is 0 Å². The van der Waals surface area contributed by atoms with Gasteiger partial charge in [-0.2, -0.15) is 0 Å². The number of aryl methyl sites for hydroxylation is 1. The fourth-order valence-corrected chi connectivity index (χ4v) is 5.63. The zero-order valence-corrected chi connectivity index (χ0v) is 17.2. The van der Waals surface area contributed by atoms with Gasteiger partial charge < -0.3 is 9.64 Å². The van der Waals surface area contributed by atoms with Crippen molar-refractivity contribution < 1.29 is 9.53 Å². The van der Waals surface area contributed by atoms with Crippen LogP contribution in [0.15, 0.2) is 36.7 Å². The first-order valence-corrected chi connectivity index (χ1v) is 11.1. The molecule has 3 aliphatic rings. The van der Waals surface area contributed by atoms with Crippen LogP contribution in [-0.4, -0.2) is 59.1 Å². The van der Waals surface area contributed by atoms with Crippen LogP contribution in [0, 0.1) is 12.8 Å². The van der Waals surface area contributed by atoms with E-state index < -0.39 is 5.60 Å². The lowest BCUT2D eigenvalue weighted by atomic mass is 9.83. The predicted octanol–water partition coefficient (Wildman–Crippen LogP) is 3.06. The molecule has 0 unspecified atom stereocenters. The minimum Gasteiger partial charge on any atom is -0.361 e. The Morgan fingerprint density at radius 3 is 2.93 bits per heavy atom. The van der Waals surface area contributed by atoms with E-state index in [2.05, 4.69) is 39.9 Å². The molecule has 0 aromatic carbocycles. The number of carbonyl (C=O) groups excluding carboxylic acids is 1. The standard InChI is InChI=1S/C22H27N3O2S/c1-16-4-7-19(28-16)13-24-14-20(18-3-2-8-23-11-18)22(15-24)21(26)25(9-10-27-22)12-17-5-6-17/h2-4,7-8,11,17,20H,5-6,9-10,12-15H2,1H3/t20-,22-/m0/s1. The normalized spacial score (nSPS) is 28.4. The minimum atomic E-state index is -0.775. The zero-order chi connectivity index (χ0) is 19.1. The number of ether oxygens (including phenoxy) is 1. The Hall–Kier alpha value is -1.76. The van der Waals surface area contributed by atoms with Crippen LogP contribution in [-0.2, 0) is 16.1 Å². The van der Waals surface area contributed by atoms with Crippen molar-refractivity contribution >= 4 is 17.2 Å². The third-order valence-electron chi connectivity index (χ3n) is 6.27. The van der Waals surface area contributed by atoms with E-state index in [1.807, 2.05) is 23.6 Å². The van der Waals surface area contributed by atoms with Crippen molar-refractivity contribution in [3.63, 3.8) is 0 Å². The molecule has 5 rings (SSSR count). The Balaban J connectivity index is 1.44. The third-order valence-corrected chi connectivity index (χ3v) is 7.26. The average molecular weight is 398 g/mol. The number of rotatable bonds is 5. The van der Waals surface area contributed by atoms with Crippen molar-refractivity contribution in [2.24, 2.45) is 5.92 Å². The molecule has 1 spiro atoms. The van der Waals surface area contributed by atoms with E-state index in [4.69, 9.17) is 4.74 Å². The van der Waals surface area contributed by atoms with Gasteiger partial charge in [0, 0.05) is 60.8 Å². The molecule has 2 aromatic rings. The number of amides is 1. The van der Waals surface area contributed by atoms with Crippen molar-refractivity contribution in [3.05, 3.63) is 52.0 Å². The number of carbonyl (C=O) groups is 1. The summed E-state index contributed by atoms with van der Waals surface area (Å²) in [5, 5.41) is 0. The highest BCUT2D eigenvalue weighted by Gasteiger charge is 2.57. The number of morpholine rings is 1. The minimum absolute atomic E-state index is 0.0248. The second-order valence-electron chi connectivity index (χ2n) is 8.45. The molecule has 28 heavy (non-hydrogen) atoms. The molecule has 2 saturated heterocycles. The van der Waals surface area contributed by atoms with E-state index in [0.717, 1.165) is 31.7 Å². The van der Waals surface area contributed by atoms with Crippen LogP contribution in [0.4, 0.5) is 0 Å². The molecule has 148 valence electrons. The topological polar surface area (TPSA) is 45.7 Å². The van der Waals surface area contributed by atoms with Crippen molar-refractivity contribution in [1.29, 1.82) is 0 Å². The molecule has 1 aliphatic carbocycles. The Morgan fingerprint density at radius 2 is 2.21 bits per heavy atom. The molecule has 0 bridgehead atoms. The monoisotopic (exact) mass is 397 g/mol. The van der Waals surface area contributed by atoms with Gasteiger partial charge >= 0.3 is 0 Å². The summed E-state index contributed by atoms with van der Waals surface area (Å²) >= 11 is 1.83. The van der Waals surface area contributed by atoms with Gasteiger partial charge in [-0.1, -0.05) is 6.07 Å². The molecule has 6 heteroatoms. The first kappa shape index (κ1) is 18.3. The molecule has 1 amide bonds. The zero-order valence-electron chi connectivity index (χ0n) is 16.3. The number of aromatic nitrogens is 1. The first-order chi connectivity index (χ1) is 13.6. The summed E-state index contributed by atoms with van der Waals surface area (Å²) in [6.45, 7) is 6.74. The van der Waals surface area contributed by atoms with Gasteiger partial charge in [-0.3, -0.25) is 14.7 Å². The van der Waals surface area contributed by atoms with Crippen LogP contribution in [0.1, 0.15) is 34.1 Å². The smallest absolute Gasteiger partial charge is 0.256 e. The molecule has 2 atom stereocenters. The molecule has 2 aromatic heterocycles. The summed E-state index contributed by atoms with van der Waals surface area (Å²) in [5.74, 6) is 0.906. The number of hydrogen-bond donors (Lipinski definition) is 0. The van der Waals surface area contributed by atoms with Crippen molar-refractivity contribution in [2.45, 2.75) is 37.8 Å². The van der Waals surface area contributed by atoms with Crippen molar-refractivity contribution in [2.75, 3.05) is 32.8 Å². The highest BCUT2D eigenvalue weighted by atomic mass is 32.1. The molecule has 0 N–H and O–H groups in total. The van der Waals surface area contributed by atoms with E-state index in [0.29, 0.717) is 19.1 Å². The lowest BCUT2D eigenvalue weighted by molar-refractivity contribution is -0.172. The fraction of sp³-hybridized carbons (Fsp3) is 0.545. The number of nitrogens with zero attached hydrogens (tertiary/aromatic N) is 3. The Kier molecular flexibility index (Phi) is 4.73. The van der Waals surface area contributed by atoms with Gasteiger partial charge in [0.2, 0.25) is 0 Å². The summed E-state index contributed by atoms with van der Waals surface area (Å²) in [5.41, 5.74) is 0.330. The molecule has 0 radical (unpaired) electrons. The molecular weight excluding hydrogens is 370 g/mol. The highest BCUT2D eigenvalue weighted by Crippen LogP contribution is 2.43. The largest absolute Gasteiger partial charge is 0.361 e. The van der Waals surface area contributed by atoms with E-state index in [1.165, 1.54) is 22.6 Å². The van der Waals surface area contributed by atoms with Gasteiger partial charge in [-0.05, 0) is 49.4 Å². The lowest BCUT2D eigenvalue weighted by Crippen LogP contribution is -2.60. The molecule has 2 aliphatic heterocycles. The number of likely N-dealkylation sites (tertiary alicyclic amines) is 1. The SMILES string of the molecule is Cc1ccc(CN2C[C@@H](c3cccnc3)[C@]3(C2)OCCN(CC2CC2)C3=O)s1. The van der Waals surface area contributed by atoms with Crippen LogP contribution in [0.5, 0.6) is 0 Å². The maximum absolute atomic E-state index is 13.7. The maximum Gasteiger partial charge on any atom is 0.256 e. The van der Waals surface area contributed by atoms with Gasteiger partial charge in [-0.15, -0.1) is 11.3 Å². The van der Waals surface area contributed by atoms with Crippen LogP contribution in [0.3, 0.4) is 0 Å². The lowest BCUT2D eigenvalue weighted by Gasteiger charge is -2.42. The Bertz CT molecular complexity index is 850. The van der Waals surface area contributed by atoms with E-state index in [1.54, 1.807) is 6.20 Å². The Morgan fingerprint density at radius 1 is 1.32 bits per heavy atom. The summed E-state index contributed by atoms with van der Waals surface area (Å²) in [7, 11) is 0. The molecular formula is C22H27N3O2S. The molecule has 1 saturated carbocycles. The third kappa shape index (κ3) is 3.38. The molecule has 5 nitrogen and oxygen atoms in total. The average Bonchev–Trinajstić information content (AvgIpc) is 3.32. The van der Waals surface area contributed by atoms with Crippen molar-refractivity contribution in [1.82, 2.24) is 14.8 Å². The summed E-state index contributed by atoms with van der Waals surface area (Å²) in [4.78, 5) is 25.1. The van der Waals surface area contributed by atoms with Crippen LogP contribution in [0.25, 0.3) is 0 Å². The van der Waals surface area contributed by atoms with Gasteiger partial charge in [0.25, 0.3) is 5.91 Å². The molecule has 3 fully saturated rings. The summed E-state index contributed by atoms with van der Waals surface area (Å²) in [6, 6.07) is 8.43. The second-order valence-corrected chi connectivity index (χ2v) is 9.83. The first-order valence-electron chi connectivity index (χ1n) is 10.2.